The molecule has 0 aliphatic carbocycles. The van der Waals surface area contributed by atoms with Gasteiger partial charge in [0.1, 0.15) is 33.5 Å². The number of benzene rings is 24. The largest absolute Gasteiger partial charge is 0.456 e. The van der Waals surface area contributed by atoms with Crippen molar-refractivity contribution in [1.29, 1.82) is 0 Å². The normalized spacial score (nSPS) is 12.0. The third-order valence-corrected chi connectivity index (χ3v) is 31.4. The molecule has 8 aromatic heterocycles. The third kappa shape index (κ3) is 13.3. The van der Waals surface area contributed by atoms with Crippen molar-refractivity contribution >= 4 is 248 Å². The van der Waals surface area contributed by atoms with Crippen molar-refractivity contribution in [3.05, 3.63) is 449 Å². The van der Waals surface area contributed by atoms with Gasteiger partial charge in [-0.25, -0.2) is 39.9 Å². The van der Waals surface area contributed by atoms with Crippen LogP contribution in [0.4, 0.5) is 0 Å². The molecule has 0 bridgehead atoms. The first-order chi connectivity index (χ1) is 71.8. The lowest BCUT2D eigenvalue weighted by Gasteiger charge is -2.14. The van der Waals surface area contributed by atoms with Crippen molar-refractivity contribution in [3.8, 4) is 90.8 Å². The molecule has 0 saturated carbocycles. The maximum absolute atomic E-state index is 6.42. The zero-order chi connectivity index (χ0) is 95.0. The van der Waals surface area contributed by atoms with E-state index in [9.17, 15) is 0 Å². The number of nitrogens with zero attached hydrogens (tertiary/aromatic N) is 8. The Morgan fingerprint density at radius 2 is 0.538 bits per heavy atom. The number of aromatic nitrogens is 8. The second-order valence-electron chi connectivity index (χ2n) is 37.2. The molecule has 0 amide bonds. The Labute approximate surface area is 834 Å². The van der Waals surface area contributed by atoms with Gasteiger partial charge < -0.3 is 13.3 Å². The number of fused-ring (bicyclic) bond motifs is 37. The predicted octanol–water partition coefficient (Wildman–Crippen LogP) is 36.7. The maximum Gasteiger partial charge on any atom is 0.164 e. The van der Waals surface area contributed by atoms with E-state index >= 15 is 0 Å². The van der Waals surface area contributed by atoms with E-state index in [-0.39, 0.29) is 0 Å². The van der Waals surface area contributed by atoms with E-state index in [1.165, 1.54) is 127 Å². The predicted molar refractivity (Wildman–Crippen MR) is 605 cm³/mol. The second kappa shape index (κ2) is 32.9. The fraction of sp³-hybridized carbons (Fsp3) is 0. The van der Waals surface area contributed by atoms with Crippen LogP contribution >= 0.6 is 22.7 Å². The van der Waals surface area contributed by atoms with Crippen LogP contribution in [-0.4, -0.2) is 39.9 Å². The first-order valence-electron chi connectivity index (χ1n) is 48.6. The van der Waals surface area contributed by atoms with Gasteiger partial charge in [-0.2, -0.15) is 0 Å². The molecule has 0 unspecified atom stereocenters. The highest BCUT2D eigenvalue weighted by atomic mass is 32.1. The molecule has 0 fully saturated rings. The number of rotatable bonds is 8. The molecule has 32 aromatic rings. The van der Waals surface area contributed by atoms with Crippen LogP contribution in [0.3, 0.4) is 0 Å². The Balaban J connectivity index is 0.000000101. The summed E-state index contributed by atoms with van der Waals surface area (Å²) < 4.78 is 24.2. The molecular weight excluding hydrogens is 1810 g/mol. The number of hydrogen-bond donors (Lipinski definition) is 0. The maximum atomic E-state index is 6.42. The molecule has 0 aliphatic rings. The van der Waals surface area contributed by atoms with Crippen molar-refractivity contribution in [2.24, 2.45) is 0 Å². The molecule has 32 rings (SSSR count). The highest BCUT2D eigenvalue weighted by molar-refractivity contribution is 7.27. The zero-order valence-corrected chi connectivity index (χ0v) is 79.0. The summed E-state index contributed by atoms with van der Waals surface area (Å²) >= 11 is 3.76. The van der Waals surface area contributed by atoms with Gasteiger partial charge in [0, 0.05) is 133 Å². The van der Waals surface area contributed by atoms with E-state index in [2.05, 4.69) is 309 Å². The summed E-state index contributed by atoms with van der Waals surface area (Å²) in [5.74, 6) is 3.71. The minimum absolute atomic E-state index is 0.602. The lowest BCUT2D eigenvalue weighted by molar-refractivity contribution is 0.668. The third-order valence-electron chi connectivity index (χ3n) is 29.0. The molecule has 13 heteroatoms. The van der Waals surface area contributed by atoms with E-state index in [0.29, 0.717) is 34.9 Å². The summed E-state index contributed by atoms with van der Waals surface area (Å²) in [6, 6.07) is 158. The van der Waals surface area contributed by atoms with E-state index in [1.807, 2.05) is 162 Å². The molecule has 8 heterocycles. The standard InChI is InChI=1S/C45H25N3O2.C45H25N3OS.C42H24N2S/c1-2-9-27(10-3-1)43-46-44(48-45(47-43)36-13-8-16-39-41(36)35-12-5-7-15-38(35)49-39)29-20-21-30-28(25-29)18-17-26-19-22-34-32(40(26)30)23-24-33-31-11-4-6-14-37(31)50-42(33)34;1-2-9-27(10-3-1)43-46-44(48-45(47-43)35-13-8-15-37-41(35)33-11-4-6-14-36(33)49-37)29-20-21-30-28(25-29)18-17-26-19-22-32-31(40(26)30)23-24-39-42(32)34-12-5-7-16-38(34)50-39;1-2-11-26(12-3-1)39-40(44-41-30-13-5-4-10-25(30)20-23-35(41)43-39)28-19-21-29-27(24-28)18-22-34-37(29)31-14-6-7-15-32(31)38-33-16-8-9-17-36(33)45-42(34)38/h2*1-25H;1-24H. The molecule has 145 heavy (non-hydrogen) atoms. The molecule has 0 saturated heterocycles. The minimum atomic E-state index is 0.602. The Kier molecular flexibility index (Phi) is 18.6. The van der Waals surface area contributed by atoms with Crippen LogP contribution in [0.5, 0.6) is 0 Å². The lowest BCUT2D eigenvalue weighted by Crippen LogP contribution is -2.00. The fourth-order valence-electron chi connectivity index (χ4n) is 22.4. The van der Waals surface area contributed by atoms with Gasteiger partial charge in [0.2, 0.25) is 0 Å². The molecule has 0 radical (unpaired) electrons. The van der Waals surface area contributed by atoms with Crippen LogP contribution in [0, 0.1) is 0 Å². The quantitative estimate of drug-likeness (QED) is 0.134. The Morgan fingerprint density at radius 1 is 0.166 bits per heavy atom. The van der Waals surface area contributed by atoms with E-state index in [1.54, 1.807) is 0 Å². The Morgan fingerprint density at radius 3 is 1.14 bits per heavy atom. The van der Waals surface area contributed by atoms with Crippen molar-refractivity contribution in [1.82, 2.24) is 39.9 Å². The second-order valence-corrected chi connectivity index (χ2v) is 39.3. The highest BCUT2D eigenvalue weighted by Crippen LogP contribution is 2.51. The average Bonchev–Trinajstić information content (AvgIpc) is 1.68. The van der Waals surface area contributed by atoms with Crippen LogP contribution in [0.15, 0.2) is 462 Å². The molecule has 0 spiro atoms. The van der Waals surface area contributed by atoms with Crippen molar-refractivity contribution in [2.75, 3.05) is 0 Å². The van der Waals surface area contributed by atoms with Crippen LogP contribution in [0.2, 0.25) is 0 Å². The Bertz CT molecular complexity index is 11100. The van der Waals surface area contributed by atoms with E-state index in [0.717, 1.165) is 154 Å². The molecular formula is C132H74N8O3S2. The molecule has 11 nitrogen and oxygen atoms in total. The van der Waals surface area contributed by atoms with Crippen LogP contribution in [0.1, 0.15) is 0 Å². The van der Waals surface area contributed by atoms with E-state index < -0.39 is 0 Å². The summed E-state index contributed by atoms with van der Waals surface area (Å²) in [7, 11) is 0. The zero-order valence-electron chi connectivity index (χ0n) is 77.3. The topological polar surface area (TPSA) is 143 Å². The van der Waals surface area contributed by atoms with Gasteiger partial charge in [-0.05, 0) is 176 Å². The first kappa shape index (κ1) is 82.0. The Hall–Kier alpha value is -18.9. The minimum Gasteiger partial charge on any atom is -0.456 e. The van der Waals surface area contributed by atoms with Gasteiger partial charge in [-0.15, -0.1) is 22.7 Å². The van der Waals surface area contributed by atoms with Gasteiger partial charge in [0.15, 0.2) is 34.9 Å². The van der Waals surface area contributed by atoms with Crippen molar-refractivity contribution in [2.45, 2.75) is 0 Å². The van der Waals surface area contributed by atoms with Crippen LogP contribution in [-0.2, 0) is 0 Å². The first-order valence-corrected chi connectivity index (χ1v) is 50.3. The smallest absolute Gasteiger partial charge is 0.164 e. The number of hydrogen-bond acceptors (Lipinski definition) is 13. The summed E-state index contributed by atoms with van der Waals surface area (Å²) in [6.45, 7) is 0. The molecule has 0 atom stereocenters. The monoisotopic (exact) mass is 1880 g/mol. The van der Waals surface area contributed by atoms with E-state index in [4.69, 9.17) is 53.1 Å². The van der Waals surface area contributed by atoms with Gasteiger partial charge in [-0.1, -0.05) is 364 Å². The van der Waals surface area contributed by atoms with Gasteiger partial charge >= 0.3 is 0 Å². The lowest BCUT2D eigenvalue weighted by atomic mass is 9.92. The van der Waals surface area contributed by atoms with Gasteiger partial charge in [-0.3, -0.25) is 0 Å². The summed E-state index contributed by atoms with van der Waals surface area (Å²) in [5.41, 5.74) is 16.4. The number of para-hydroxylation sites is 3. The van der Waals surface area contributed by atoms with Gasteiger partial charge in [0.05, 0.1) is 22.4 Å². The summed E-state index contributed by atoms with van der Waals surface area (Å²) in [4.78, 5) is 41.1. The molecule has 24 aromatic carbocycles. The fourth-order valence-corrected chi connectivity index (χ4v) is 24.8. The number of thiophene rings is 2. The summed E-state index contributed by atoms with van der Waals surface area (Å²) in [5, 5.41) is 36.0. The van der Waals surface area contributed by atoms with Crippen LogP contribution in [0.25, 0.3) is 316 Å². The summed E-state index contributed by atoms with van der Waals surface area (Å²) in [6.07, 6.45) is 0. The highest BCUT2D eigenvalue weighted by Gasteiger charge is 2.26. The van der Waals surface area contributed by atoms with Gasteiger partial charge in [0.25, 0.3) is 0 Å². The molecule has 0 N–H and O–H groups in total. The average molecular weight is 1880 g/mol. The SMILES string of the molecule is c1ccc(-c2nc(-c3ccc4c(ccc5ccc6c(ccc7c8ccccc8oc76)c54)c3)nc(-c3cccc4oc5ccccc5c34)n2)cc1.c1ccc(-c2nc(-c3ccc4c(ccc5ccc6c(ccc7sc8ccccc8c76)c54)c3)nc(-c3cccc4oc5ccccc5c34)n2)cc1.c1ccc(-c2nc3ccc4ccccc4c3nc2-c2ccc3c(ccc4c5sc6ccccc6c5c5ccccc5c34)c2)cc1. The molecule has 0 aliphatic heterocycles. The molecule has 672 valence electrons. The van der Waals surface area contributed by atoms with Crippen LogP contribution < -0.4 is 0 Å². The number of furan rings is 3. The van der Waals surface area contributed by atoms with Crippen molar-refractivity contribution < 1.29 is 13.3 Å². The van der Waals surface area contributed by atoms with Crippen molar-refractivity contribution in [3.63, 3.8) is 0 Å².